The molecular weight excluding hydrogens is 248 g/mol. The Morgan fingerprint density at radius 3 is 2.60 bits per heavy atom. The summed E-state index contributed by atoms with van der Waals surface area (Å²) in [7, 11) is 0. The van der Waals surface area contributed by atoms with E-state index in [1.54, 1.807) is 0 Å². The van der Waals surface area contributed by atoms with Gasteiger partial charge in [-0.3, -0.25) is 9.69 Å². The Labute approximate surface area is 120 Å². The van der Waals surface area contributed by atoms with Crippen molar-refractivity contribution in [2.45, 2.75) is 38.6 Å². The van der Waals surface area contributed by atoms with Gasteiger partial charge < -0.3 is 4.98 Å². The van der Waals surface area contributed by atoms with Crippen molar-refractivity contribution in [2.24, 2.45) is 0 Å². The number of benzene rings is 1. The summed E-state index contributed by atoms with van der Waals surface area (Å²) in [5, 5.41) is 1.04. The van der Waals surface area contributed by atoms with E-state index in [1.807, 2.05) is 30.5 Å². The molecule has 1 aromatic carbocycles. The Morgan fingerprint density at radius 1 is 1.15 bits per heavy atom. The second kappa shape index (κ2) is 5.80. The van der Waals surface area contributed by atoms with Crippen molar-refractivity contribution in [1.29, 1.82) is 0 Å². The Hall–Kier alpha value is -1.61. The number of carbonyl (C=O) groups excluding carboxylic acids is 1. The number of carbonyl (C=O) groups is 1. The molecule has 0 bridgehead atoms. The minimum Gasteiger partial charge on any atom is -0.360 e. The average molecular weight is 270 g/mol. The molecule has 1 atom stereocenters. The highest BCUT2D eigenvalue weighted by atomic mass is 16.1. The monoisotopic (exact) mass is 270 g/mol. The summed E-state index contributed by atoms with van der Waals surface area (Å²) in [6.45, 7) is 4.15. The van der Waals surface area contributed by atoms with E-state index in [-0.39, 0.29) is 11.8 Å². The highest BCUT2D eigenvalue weighted by Gasteiger charge is 2.24. The van der Waals surface area contributed by atoms with Gasteiger partial charge in [-0.15, -0.1) is 0 Å². The molecule has 3 nitrogen and oxygen atoms in total. The molecule has 1 aliphatic rings. The summed E-state index contributed by atoms with van der Waals surface area (Å²) >= 11 is 0. The molecule has 2 heterocycles. The standard InChI is InChI=1S/C17H22N2O/c1-13(19-10-6-2-3-7-11-19)17(20)15-12-18-16-9-5-4-8-14(15)16/h4-5,8-9,12-13,18H,2-3,6-7,10-11H2,1H3/t13-/m1/s1. The molecule has 0 unspecified atom stereocenters. The third kappa shape index (κ3) is 2.50. The van der Waals surface area contributed by atoms with Gasteiger partial charge >= 0.3 is 0 Å². The maximum Gasteiger partial charge on any atom is 0.181 e. The van der Waals surface area contributed by atoms with Gasteiger partial charge in [0.15, 0.2) is 5.78 Å². The minimum absolute atomic E-state index is 0.0210. The van der Waals surface area contributed by atoms with Gasteiger partial charge in [-0.25, -0.2) is 0 Å². The predicted molar refractivity (Wildman–Crippen MR) is 82.1 cm³/mol. The number of fused-ring (bicyclic) bond motifs is 1. The lowest BCUT2D eigenvalue weighted by molar-refractivity contribution is 0.0844. The van der Waals surface area contributed by atoms with Crippen molar-refractivity contribution < 1.29 is 4.79 Å². The van der Waals surface area contributed by atoms with Gasteiger partial charge in [-0.1, -0.05) is 31.0 Å². The molecule has 1 aliphatic heterocycles. The number of aromatic amines is 1. The number of ketones is 1. The van der Waals surface area contributed by atoms with Crippen molar-refractivity contribution in [3.05, 3.63) is 36.0 Å². The second-order valence-corrected chi connectivity index (χ2v) is 5.74. The van der Waals surface area contributed by atoms with Crippen LogP contribution in [-0.4, -0.2) is 34.8 Å². The Morgan fingerprint density at radius 2 is 1.85 bits per heavy atom. The molecule has 0 amide bonds. The minimum atomic E-state index is -0.0210. The number of aromatic nitrogens is 1. The lowest BCUT2D eigenvalue weighted by Crippen LogP contribution is -2.39. The lowest BCUT2D eigenvalue weighted by atomic mass is 10.0. The topological polar surface area (TPSA) is 36.1 Å². The van der Waals surface area contributed by atoms with Gasteiger partial charge in [0.2, 0.25) is 0 Å². The number of H-pyrrole nitrogens is 1. The molecule has 0 saturated carbocycles. The summed E-state index contributed by atoms with van der Waals surface area (Å²) < 4.78 is 0. The first kappa shape index (κ1) is 13.4. The van der Waals surface area contributed by atoms with Gasteiger partial charge in [-0.2, -0.15) is 0 Å². The Kier molecular flexibility index (Phi) is 3.88. The maximum atomic E-state index is 12.8. The van der Waals surface area contributed by atoms with Crippen LogP contribution in [0.5, 0.6) is 0 Å². The highest BCUT2D eigenvalue weighted by Crippen LogP contribution is 2.21. The third-order valence-corrected chi connectivity index (χ3v) is 4.42. The van der Waals surface area contributed by atoms with Crippen LogP contribution in [0.1, 0.15) is 43.0 Å². The molecule has 1 fully saturated rings. The van der Waals surface area contributed by atoms with Gasteiger partial charge in [0.1, 0.15) is 0 Å². The fourth-order valence-corrected chi connectivity index (χ4v) is 3.15. The predicted octanol–water partition coefficient (Wildman–Crippen LogP) is 3.62. The summed E-state index contributed by atoms with van der Waals surface area (Å²) in [5.74, 6) is 0.240. The van der Waals surface area contributed by atoms with E-state index in [4.69, 9.17) is 0 Å². The first-order valence-corrected chi connectivity index (χ1v) is 7.62. The SMILES string of the molecule is C[C@H](C(=O)c1c[nH]c2ccccc12)N1CCCCCC1. The molecule has 0 spiro atoms. The van der Waals surface area contributed by atoms with Crippen molar-refractivity contribution in [2.75, 3.05) is 13.1 Å². The Balaban J connectivity index is 1.84. The van der Waals surface area contributed by atoms with Crippen LogP contribution < -0.4 is 0 Å². The average Bonchev–Trinajstić information content (AvgIpc) is 2.72. The van der Waals surface area contributed by atoms with Gasteiger partial charge in [0.25, 0.3) is 0 Å². The fraction of sp³-hybridized carbons (Fsp3) is 0.471. The number of likely N-dealkylation sites (tertiary alicyclic amines) is 1. The molecule has 3 rings (SSSR count). The van der Waals surface area contributed by atoms with Crippen LogP contribution >= 0.6 is 0 Å². The van der Waals surface area contributed by atoms with E-state index in [2.05, 4.69) is 16.8 Å². The summed E-state index contributed by atoms with van der Waals surface area (Å²) in [4.78, 5) is 18.3. The van der Waals surface area contributed by atoms with Crippen LogP contribution in [-0.2, 0) is 0 Å². The van der Waals surface area contributed by atoms with Crippen LogP contribution in [0.2, 0.25) is 0 Å². The number of nitrogens with zero attached hydrogens (tertiary/aromatic N) is 1. The van der Waals surface area contributed by atoms with Crippen LogP contribution in [0.4, 0.5) is 0 Å². The molecule has 1 aromatic heterocycles. The zero-order chi connectivity index (χ0) is 13.9. The largest absolute Gasteiger partial charge is 0.360 e. The third-order valence-electron chi connectivity index (χ3n) is 4.42. The van der Waals surface area contributed by atoms with Crippen LogP contribution in [0, 0.1) is 0 Å². The van der Waals surface area contributed by atoms with Crippen LogP contribution in [0.25, 0.3) is 10.9 Å². The van der Waals surface area contributed by atoms with E-state index in [1.165, 1.54) is 25.7 Å². The first-order valence-electron chi connectivity index (χ1n) is 7.62. The van der Waals surface area contributed by atoms with Crippen LogP contribution in [0.15, 0.2) is 30.5 Å². The van der Waals surface area contributed by atoms with Gasteiger partial charge in [-0.05, 0) is 38.9 Å². The smallest absolute Gasteiger partial charge is 0.181 e. The second-order valence-electron chi connectivity index (χ2n) is 5.74. The summed E-state index contributed by atoms with van der Waals surface area (Å²) in [6.07, 6.45) is 6.88. The summed E-state index contributed by atoms with van der Waals surface area (Å²) in [6, 6.07) is 8.00. The van der Waals surface area contributed by atoms with Gasteiger partial charge in [0.05, 0.1) is 6.04 Å². The lowest BCUT2D eigenvalue weighted by Gasteiger charge is -2.26. The highest BCUT2D eigenvalue weighted by molar-refractivity contribution is 6.10. The van der Waals surface area contributed by atoms with Crippen molar-refractivity contribution in [1.82, 2.24) is 9.88 Å². The van der Waals surface area contributed by atoms with Crippen molar-refractivity contribution in [3.8, 4) is 0 Å². The zero-order valence-electron chi connectivity index (χ0n) is 12.1. The molecular formula is C17H22N2O. The number of hydrogen-bond acceptors (Lipinski definition) is 2. The zero-order valence-corrected chi connectivity index (χ0v) is 12.1. The number of nitrogens with one attached hydrogen (secondary N) is 1. The fourth-order valence-electron chi connectivity index (χ4n) is 3.15. The molecule has 0 radical (unpaired) electrons. The normalized spacial score (nSPS) is 18.9. The number of rotatable bonds is 3. The molecule has 20 heavy (non-hydrogen) atoms. The quantitative estimate of drug-likeness (QED) is 0.865. The van der Waals surface area contributed by atoms with E-state index < -0.39 is 0 Å². The number of para-hydroxylation sites is 1. The van der Waals surface area contributed by atoms with E-state index in [9.17, 15) is 4.79 Å². The van der Waals surface area contributed by atoms with Crippen molar-refractivity contribution >= 4 is 16.7 Å². The van der Waals surface area contributed by atoms with E-state index >= 15 is 0 Å². The molecule has 2 aromatic rings. The maximum absolute atomic E-state index is 12.8. The molecule has 106 valence electrons. The molecule has 0 aliphatic carbocycles. The Bertz CT molecular complexity index is 594. The molecule has 1 N–H and O–H groups in total. The van der Waals surface area contributed by atoms with Crippen molar-refractivity contribution in [3.63, 3.8) is 0 Å². The molecule has 1 saturated heterocycles. The van der Waals surface area contributed by atoms with E-state index in [0.717, 1.165) is 29.6 Å². The first-order chi connectivity index (χ1) is 9.77. The van der Waals surface area contributed by atoms with Crippen LogP contribution in [0.3, 0.4) is 0 Å². The summed E-state index contributed by atoms with van der Waals surface area (Å²) in [5.41, 5.74) is 1.87. The number of Topliss-reactive ketones (excluding diaryl/α,β-unsaturated/α-hetero) is 1. The van der Waals surface area contributed by atoms with Gasteiger partial charge in [0, 0.05) is 22.7 Å². The van der Waals surface area contributed by atoms with E-state index in [0.29, 0.717) is 0 Å². The molecule has 3 heteroatoms. The number of hydrogen-bond donors (Lipinski definition) is 1.